The number of benzene rings is 2. The molecule has 1 saturated heterocycles. The maximum Gasteiger partial charge on any atom is 0.336 e. The number of aromatic carboxylic acids is 1. The normalized spacial score (nSPS) is 14.7. The van der Waals surface area contributed by atoms with Gasteiger partial charge >= 0.3 is 12.0 Å². The van der Waals surface area contributed by atoms with E-state index in [1.54, 1.807) is 29.2 Å². The van der Waals surface area contributed by atoms with Crippen molar-refractivity contribution in [2.75, 3.05) is 18.0 Å². The number of nitrogens with zero attached hydrogens (tertiary/aromatic N) is 1. The summed E-state index contributed by atoms with van der Waals surface area (Å²) in [6, 6.07) is 10.3. The summed E-state index contributed by atoms with van der Waals surface area (Å²) in [5, 5.41) is 13.4. The van der Waals surface area contributed by atoms with Gasteiger partial charge in [-0.2, -0.15) is 0 Å². The van der Waals surface area contributed by atoms with Crippen molar-refractivity contribution in [2.24, 2.45) is 0 Å². The van der Waals surface area contributed by atoms with Gasteiger partial charge < -0.3 is 10.4 Å². The minimum Gasteiger partial charge on any atom is -0.478 e. The number of nitrogens with one attached hydrogen (secondary N) is 1. The molecular formula is C14H12N2O3. The Morgan fingerprint density at radius 2 is 1.89 bits per heavy atom. The first-order valence-corrected chi connectivity index (χ1v) is 5.99. The van der Waals surface area contributed by atoms with E-state index in [1.165, 1.54) is 0 Å². The monoisotopic (exact) mass is 256 g/mol. The molecule has 0 bridgehead atoms. The van der Waals surface area contributed by atoms with Gasteiger partial charge in [-0.05, 0) is 17.5 Å². The van der Waals surface area contributed by atoms with Gasteiger partial charge in [-0.3, -0.25) is 4.90 Å². The lowest BCUT2D eigenvalue weighted by atomic mass is 10.0. The summed E-state index contributed by atoms with van der Waals surface area (Å²) in [5.41, 5.74) is 0.995. The SMILES string of the molecule is O=C(O)c1ccc(N2CCNC2=O)c2ccccc12. The fourth-order valence-electron chi connectivity index (χ4n) is 2.41. The van der Waals surface area contributed by atoms with Gasteiger partial charge in [0.2, 0.25) is 0 Å². The molecule has 96 valence electrons. The maximum absolute atomic E-state index is 11.7. The summed E-state index contributed by atoms with van der Waals surface area (Å²) < 4.78 is 0. The van der Waals surface area contributed by atoms with Gasteiger partial charge in [0.15, 0.2) is 0 Å². The zero-order valence-corrected chi connectivity index (χ0v) is 10.1. The van der Waals surface area contributed by atoms with Crippen LogP contribution in [0.25, 0.3) is 10.8 Å². The first-order valence-electron chi connectivity index (χ1n) is 5.99. The number of carboxylic acids is 1. The van der Waals surface area contributed by atoms with Crippen LogP contribution in [0.1, 0.15) is 10.4 Å². The number of urea groups is 1. The van der Waals surface area contributed by atoms with Gasteiger partial charge in [0, 0.05) is 18.5 Å². The Labute approximate surface area is 109 Å². The molecule has 2 N–H and O–H groups in total. The molecule has 5 nitrogen and oxygen atoms in total. The van der Waals surface area contributed by atoms with Crippen molar-refractivity contribution in [3.8, 4) is 0 Å². The first kappa shape index (κ1) is 11.5. The quantitative estimate of drug-likeness (QED) is 0.864. The maximum atomic E-state index is 11.7. The molecule has 19 heavy (non-hydrogen) atoms. The van der Waals surface area contributed by atoms with Crippen molar-refractivity contribution >= 4 is 28.5 Å². The minimum absolute atomic E-state index is 0.145. The Kier molecular flexibility index (Phi) is 2.59. The van der Waals surface area contributed by atoms with Gasteiger partial charge in [0.1, 0.15) is 0 Å². The lowest BCUT2D eigenvalue weighted by Gasteiger charge is -2.17. The summed E-state index contributed by atoms with van der Waals surface area (Å²) in [4.78, 5) is 24.6. The van der Waals surface area contributed by atoms with Crippen LogP contribution in [0.15, 0.2) is 36.4 Å². The number of hydrogen-bond acceptors (Lipinski definition) is 2. The average Bonchev–Trinajstić information content (AvgIpc) is 2.83. The standard InChI is InChI=1S/C14H12N2O3/c17-13(18)11-5-6-12(16-8-7-15-14(16)19)10-4-2-1-3-9(10)11/h1-6H,7-8H2,(H,15,19)(H,17,18). The predicted octanol–water partition coefficient (Wildman–Crippen LogP) is 2.07. The molecule has 0 radical (unpaired) electrons. The van der Waals surface area contributed by atoms with E-state index in [0.29, 0.717) is 18.5 Å². The number of rotatable bonds is 2. The van der Waals surface area contributed by atoms with Gasteiger partial charge in [-0.1, -0.05) is 24.3 Å². The minimum atomic E-state index is -0.964. The third kappa shape index (κ3) is 1.79. The van der Waals surface area contributed by atoms with Gasteiger partial charge in [-0.25, -0.2) is 9.59 Å². The van der Waals surface area contributed by atoms with Gasteiger partial charge in [-0.15, -0.1) is 0 Å². The third-order valence-corrected chi connectivity index (χ3v) is 3.28. The Balaban J connectivity index is 2.25. The van der Waals surface area contributed by atoms with Crippen LogP contribution in [0.5, 0.6) is 0 Å². The van der Waals surface area contributed by atoms with Crippen molar-refractivity contribution in [1.29, 1.82) is 0 Å². The van der Waals surface area contributed by atoms with Crippen LogP contribution < -0.4 is 10.2 Å². The van der Waals surface area contributed by atoms with E-state index in [-0.39, 0.29) is 11.6 Å². The lowest BCUT2D eigenvalue weighted by molar-refractivity contribution is 0.0699. The average molecular weight is 256 g/mol. The van der Waals surface area contributed by atoms with Crippen LogP contribution in [-0.4, -0.2) is 30.2 Å². The van der Waals surface area contributed by atoms with Crippen molar-refractivity contribution in [2.45, 2.75) is 0 Å². The lowest BCUT2D eigenvalue weighted by Crippen LogP contribution is -2.27. The number of hydrogen-bond donors (Lipinski definition) is 2. The summed E-state index contributed by atoms with van der Waals surface area (Å²) in [6.45, 7) is 1.20. The largest absolute Gasteiger partial charge is 0.478 e. The Morgan fingerprint density at radius 1 is 1.16 bits per heavy atom. The second kappa shape index (κ2) is 4.28. The van der Waals surface area contributed by atoms with Crippen molar-refractivity contribution < 1.29 is 14.7 Å². The zero-order chi connectivity index (χ0) is 13.4. The molecule has 0 aromatic heterocycles. The van der Waals surface area contributed by atoms with Gasteiger partial charge in [0.05, 0.1) is 11.3 Å². The molecule has 2 amide bonds. The molecule has 2 aromatic rings. The van der Waals surface area contributed by atoms with E-state index >= 15 is 0 Å². The molecule has 5 heteroatoms. The highest BCUT2D eigenvalue weighted by molar-refractivity contribution is 6.11. The highest BCUT2D eigenvalue weighted by atomic mass is 16.4. The highest BCUT2D eigenvalue weighted by Gasteiger charge is 2.23. The Morgan fingerprint density at radius 3 is 2.53 bits per heavy atom. The summed E-state index contributed by atoms with van der Waals surface area (Å²) in [7, 11) is 0. The predicted molar refractivity (Wildman–Crippen MR) is 71.7 cm³/mol. The zero-order valence-electron chi connectivity index (χ0n) is 10.1. The molecule has 0 atom stereocenters. The molecule has 0 saturated carbocycles. The molecule has 1 heterocycles. The molecule has 2 aromatic carbocycles. The van der Waals surface area contributed by atoms with Crippen molar-refractivity contribution in [3.63, 3.8) is 0 Å². The molecule has 1 fully saturated rings. The van der Waals surface area contributed by atoms with Crippen LogP contribution in [-0.2, 0) is 0 Å². The van der Waals surface area contributed by atoms with Crippen LogP contribution in [0.2, 0.25) is 0 Å². The van der Waals surface area contributed by atoms with E-state index in [2.05, 4.69) is 5.32 Å². The molecule has 0 spiro atoms. The highest BCUT2D eigenvalue weighted by Crippen LogP contribution is 2.30. The topological polar surface area (TPSA) is 69.6 Å². The van der Waals surface area contributed by atoms with Crippen LogP contribution in [0.3, 0.4) is 0 Å². The third-order valence-electron chi connectivity index (χ3n) is 3.28. The first-order chi connectivity index (χ1) is 9.18. The van der Waals surface area contributed by atoms with E-state index in [4.69, 9.17) is 0 Å². The second-order valence-corrected chi connectivity index (χ2v) is 4.37. The van der Waals surface area contributed by atoms with E-state index in [1.807, 2.05) is 12.1 Å². The molecular weight excluding hydrogens is 244 g/mol. The Bertz CT molecular complexity index is 681. The number of anilines is 1. The summed E-state index contributed by atoms with van der Waals surface area (Å²) >= 11 is 0. The smallest absolute Gasteiger partial charge is 0.336 e. The van der Waals surface area contributed by atoms with Gasteiger partial charge in [0.25, 0.3) is 0 Å². The van der Waals surface area contributed by atoms with Crippen LogP contribution in [0, 0.1) is 0 Å². The number of carbonyl (C=O) groups is 2. The van der Waals surface area contributed by atoms with E-state index in [9.17, 15) is 14.7 Å². The van der Waals surface area contributed by atoms with E-state index < -0.39 is 5.97 Å². The fourth-order valence-corrected chi connectivity index (χ4v) is 2.41. The molecule has 1 aliphatic rings. The molecule has 0 aliphatic carbocycles. The molecule has 3 rings (SSSR count). The van der Waals surface area contributed by atoms with E-state index in [0.717, 1.165) is 11.1 Å². The molecule has 1 aliphatic heterocycles. The number of carboxylic acid groups (broad SMARTS) is 1. The molecule has 0 unspecified atom stereocenters. The fraction of sp³-hybridized carbons (Fsp3) is 0.143. The number of fused-ring (bicyclic) bond motifs is 1. The van der Waals surface area contributed by atoms with Crippen molar-refractivity contribution in [3.05, 3.63) is 42.0 Å². The Hall–Kier alpha value is -2.56. The second-order valence-electron chi connectivity index (χ2n) is 4.37. The summed E-state index contributed by atoms with van der Waals surface area (Å²) in [5.74, 6) is -0.964. The summed E-state index contributed by atoms with van der Waals surface area (Å²) in [6.07, 6.45) is 0. The van der Waals surface area contributed by atoms with Crippen molar-refractivity contribution in [1.82, 2.24) is 5.32 Å². The number of carbonyl (C=O) groups excluding carboxylic acids is 1. The number of amides is 2. The van der Waals surface area contributed by atoms with Crippen LogP contribution in [0.4, 0.5) is 10.5 Å². The van der Waals surface area contributed by atoms with Crippen LogP contribution >= 0.6 is 0 Å².